The molecular weight excluding hydrogens is 649 g/mol. The number of imide groups is 1. The molecule has 266 valence electrons. The van der Waals surface area contributed by atoms with Crippen molar-refractivity contribution in [3.63, 3.8) is 0 Å². The number of hydrogen-bond acceptors (Lipinski definition) is 8. The number of carbonyl (C=O) groups excluding carboxylic acids is 2. The summed E-state index contributed by atoms with van der Waals surface area (Å²) < 4.78 is 30.3. The summed E-state index contributed by atoms with van der Waals surface area (Å²) in [5.74, 6) is 2.60. The molecule has 2 heterocycles. The van der Waals surface area contributed by atoms with Crippen LogP contribution in [0.3, 0.4) is 0 Å². The van der Waals surface area contributed by atoms with Gasteiger partial charge in [-0.1, -0.05) is 82.3 Å². The van der Waals surface area contributed by atoms with Crippen molar-refractivity contribution in [2.75, 3.05) is 20.3 Å². The molecular formula is C40H50N2O7Si. The molecule has 1 saturated heterocycles. The standard InChI is InChI=1S/C40H50N2O7Si/c1-27(2)40(4,5)50(7,8)49-35-25-33(46-22-21-34-28(3)48-37(41-34)30-17-13-10-14-18-30)20-19-31(35)24-36(45-6)38(43)42-32(26-47-39(42)44)23-29-15-11-9-12-16-29/h9-20,25,27,32,36H,21-24,26H2,1-8H3/t32-,36?/m0/s1. The van der Waals surface area contributed by atoms with Crippen molar-refractivity contribution < 1.29 is 32.6 Å². The third kappa shape index (κ3) is 8.30. The minimum Gasteiger partial charge on any atom is -0.543 e. The smallest absolute Gasteiger partial charge is 0.417 e. The van der Waals surface area contributed by atoms with Crippen LogP contribution in [0.1, 0.15) is 50.3 Å². The molecule has 1 unspecified atom stereocenters. The average molecular weight is 699 g/mol. The van der Waals surface area contributed by atoms with Gasteiger partial charge < -0.3 is 23.1 Å². The molecule has 1 aliphatic rings. The van der Waals surface area contributed by atoms with Crippen molar-refractivity contribution in [1.82, 2.24) is 9.88 Å². The van der Waals surface area contributed by atoms with Gasteiger partial charge in [-0.15, -0.1) is 0 Å². The Kier molecular flexibility index (Phi) is 11.5. The largest absolute Gasteiger partial charge is 0.543 e. The maximum atomic E-state index is 13.9. The lowest BCUT2D eigenvalue weighted by Gasteiger charge is -2.43. The van der Waals surface area contributed by atoms with Crippen LogP contribution in [-0.2, 0) is 33.5 Å². The molecule has 0 saturated carbocycles. The number of aromatic nitrogens is 1. The summed E-state index contributed by atoms with van der Waals surface area (Å²) in [5, 5.41) is -0.0669. The van der Waals surface area contributed by atoms with Crippen molar-refractivity contribution in [2.24, 2.45) is 5.92 Å². The number of aryl methyl sites for hydroxylation is 1. The number of methoxy groups -OCH3 is 1. The molecule has 0 radical (unpaired) electrons. The van der Waals surface area contributed by atoms with E-state index in [4.69, 9.17) is 28.0 Å². The Morgan fingerprint density at radius 3 is 2.38 bits per heavy atom. The molecule has 1 aromatic heterocycles. The maximum absolute atomic E-state index is 13.9. The molecule has 0 spiro atoms. The molecule has 9 nitrogen and oxygen atoms in total. The van der Waals surface area contributed by atoms with Gasteiger partial charge >= 0.3 is 6.09 Å². The van der Waals surface area contributed by atoms with E-state index in [1.54, 1.807) is 0 Å². The van der Waals surface area contributed by atoms with Crippen LogP contribution >= 0.6 is 0 Å². The van der Waals surface area contributed by atoms with E-state index in [2.05, 4.69) is 40.8 Å². The van der Waals surface area contributed by atoms with Gasteiger partial charge in [-0.2, -0.15) is 0 Å². The van der Waals surface area contributed by atoms with Crippen LogP contribution in [0.2, 0.25) is 18.1 Å². The van der Waals surface area contributed by atoms with Crippen LogP contribution in [0.25, 0.3) is 11.5 Å². The summed E-state index contributed by atoms with van der Waals surface area (Å²) in [6.45, 7) is 15.8. The van der Waals surface area contributed by atoms with Gasteiger partial charge in [0, 0.05) is 31.6 Å². The fraction of sp³-hybridized carbons (Fsp3) is 0.425. The second-order valence-corrected chi connectivity index (χ2v) is 18.8. The molecule has 0 N–H and O–H groups in total. The Morgan fingerprint density at radius 1 is 1.04 bits per heavy atom. The molecule has 0 bridgehead atoms. The Bertz CT molecular complexity index is 1750. The van der Waals surface area contributed by atoms with E-state index in [9.17, 15) is 9.59 Å². The molecule has 3 aromatic carbocycles. The highest BCUT2D eigenvalue weighted by Crippen LogP contribution is 2.45. The van der Waals surface area contributed by atoms with Crippen LogP contribution < -0.4 is 9.16 Å². The van der Waals surface area contributed by atoms with Gasteiger partial charge in [-0.25, -0.2) is 14.7 Å². The maximum Gasteiger partial charge on any atom is 0.417 e. The van der Waals surface area contributed by atoms with Gasteiger partial charge in [-0.05, 0) is 66.7 Å². The number of cyclic esters (lactones) is 1. The molecule has 50 heavy (non-hydrogen) atoms. The quantitative estimate of drug-likeness (QED) is 0.114. The van der Waals surface area contributed by atoms with Gasteiger partial charge in [0.2, 0.25) is 5.89 Å². The van der Waals surface area contributed by atoms with Gasteiger partial charge in [0.15, 0.2) is 0 Å². The van der Waals surface area contributed by atoms with Crippen molar-refractivity contribution in [3.05, 3.63) is 101 Å². The Morgan fingerprint density at radius 2 is 1.72 bits per heavy atom. The molecule has 4 aromatic rings. The zero-order valence-corrected chi connectivity index (χ0v) is 31.5. The summed E-state index contributed by atoms with van der Waals surface area (Å²) in [5.41, 5.74) is 3.59. The zero-order valence-electron chi connectivity index (χ0n) is 30.5. The lowest BCUT2D eigenvalue weighted by Crippen LogP contribution is -2.48. The Labute approximate surface area is 297 Å². The molecule has 1 fully saturated rings. The molecule has 2 atom stereocenters. The second-order valence-electron chi connectivity index (χ2n) is 14.3. The van der Waals surface area contributed by atoms with Gasteiger partial charge in [0.05, 0.1) is 18.3 Å². The number of oxazole rings is 1. The number of amides is 2. The van der Waals surface area contributed by atoms with E-state index in [0.717, 1.165) is 28.1 Å². The van der Waals surface area contributed by atoms with E-state index < -0.39 is 32.5 Å². The summed E-state index contributed by atoms with van der Waals surface area (Å²) in [4.78, 5) is 32.7. The highest BCUT2D eigenvalue weighted by atomic mass is 28.4. The monoisotopic (exact) mass is 698 g/mol. The fourth-order valence-electron chi connectivity index (χ4n) is 6.01. The Hall–Kier alpha value is -4.41. The first-order valence-electron chi connectivity index (χ1n) is 17.3. The molecule has 10 heteroatoms. The number of ether oxygens (including phenoxy) is 3. The topological polar surface area (TPSA) is 100 Å². The average Bonchev–Trinajstić information content (AvgIpc) is 3.65. The number of hydrogen-bond donors (Lipinski definition) is 0. The minimum atomic E-state index is -2.38. The van der Waals surface area contributed by atoms with Crippen molar-refractivity contribution in [2.45, 2.75) is 84.2 Å². The van der Waals surface area contributed by atoms with Crippen LogP contribution in [0.5, 0.6) is 11.5 Å². The van der Waals surface area contributed by atoms with Crippen molar-refractivity contribution in [1.29, 1.82) is 0 Å². The molecule has 0 aliphatic carbocycles. The first kappa shape index (κ1) is 36.9. The second kappa shape index (κ2) is 15.6. The fourth-order valence-corrected chi connectivity index (χ4v) is 8.41. The van der Waals surface area contributed by atoms with Crippen LogP contribution in [-0.4, -0.2) is 62.7 Å². The van der Waals surface area contributed by atoms with Gasteiger partial charge in [-0.3, -0.25) is 4.79 Å². The highest BCUT2D eigenvalue weighted by Gasteiger charge is 2.46. The normalized spacial score (nSPS) is 15.7. The van der Waals surface area contributed by atoms with E-state index in [1.165, 1.54) is 12.0 Å². The van der Waals surface area contributed by atoms with E-state index in [-0.39, 0.29) is 18.1 Å². The van der Waals surface area contributed by atoms with E-state index in [1.807, 2.05) is 85.8 Å². The number of benzene rings is 3. The van der Waals surface area contributed by atoms with E-state index in [0.29, 0.717) is 42.8 Å². The van der Waals surface area contributed by atoms with E-state index >= 15 is 0 Å². The first-order valence-corrected chi connectivity index (χ1v) is 20.2. The third-order valence-electron chi connectivity index (χ3n) is 10.4. The summed E-state index contributed by atoms with van der Waals surface area (Å²) >= 11 is 0. The van der Waals surface area contributed by atoms with Crippen molar-refractivity contribution >= 4 is 20.3 Å². The molecule has 5 rings (SSSR count). The predicted molar refractivity (Wildman–Crippen MR) is 196 cm³/mol. The van der Waals surface area contributed by atoms with Crippen LogP contribution in [0.15, 0.2) is 83.3 Å². The van der Waals surface area contributed by atoms with Gasteiger partial charge in [0.25, 0.3) is 14.2 Å². The van der Waals surface area contributed by atoms with Crippen LogP contribution in [0.4, 0.5) is 4.79 Å². The number of carbonyl (C=O) groups is 2. The predicted octanol–water partition coefficient (Wildman–Crippen LogP) is 8.44. The van der Waals surface area contributed by atoms with Gasteiger partial charge in [0.1, 0.15) is 30.0 Å². The first-order chi connectivity index (χ1) is 23.8. The number of nitrogens with zero attached hydrogens (tertiary/aromatic N) is 2. The number of rotatable bonds is 15. The zero-order chi connectivity index (χ0) is 36.1. The SMILES string of the molecule is COC(Cc1ccc(OCCc2nc(-c3ccccc3)oc2C)cc1O[Si](C)(C)C(C)(C)C(C)C)C(=O)N1C(=O)OC[C@@H]1Cc1ccccc1. The lowest BCUT2D eigenvalue weighted by molar-refractivity contribution is -0.139. The summed E-state index contributed by atoms with van der Waals surface area (Å²) in [7, 11) is -0.888. The Balaban J connectivity index is 1.36. The third-order valence-corrected chi connectivity index (χ3v) is 14.8. The molecule has 2 amide bonds. The minimum absolute atomic E-state index is 0.0669. The summed E-state index contributed by atoms with van der Waals surface area (Å²) in [6, 6.07) is 24.9. The lowest BCUT2D eigenvalue weighted by atomic mass is 9.99. The van der Waals surface area contributed by atoms with Crippen molar-refractivity contribution in [3.8, 4) is 23.0 Å². The van der Waals surface area contributed by atoms with Crippen LogP contribution in [0, 0.1) is 12.8 Å². The summed E-state index contributed by atoms with van der Waals surface area (Å²) in [6.07, 6.45) is -0.300. The highest BCUT2D eigenvalue weighted by molar-refractivity contribution is 6.75. The molecule has 1 aliphatic heterocycles.